The number of fused-ring (bicyclic) bond motifs is 1. The molecule has 4 fully saturated rings. The van der Waals surface area contributed by atoms with E-state index in [2.05, 4.69) is 31.8 Å². The zero-order chi connectivity index (χ0) is 36.1. The fourth-order valence-corrected chi connectivity index (χ4v) is 9.25. The zero-order valence-electron chi connectivity index (χ0n) is 29.4. The summed E-state index contributed by atoms with van der Waals surface area (Å²) in [5, 5.41) is 24.5. The highest BCUT2D eigenvalue weighted by Gasteiger charge is 2.41. The Kier molecular flexibility index (Phi) is 9.60. The number of carbonyl (C=O) groups is 1. The van der Waals surface area contributed by atoms with E-state index in [9.17, 15) is 18.3 Å². The minimum absolute atomic E-state index is 0.0197. The van der Waals surface area contributed by atoms with Crippen molar-refractivity contribution in [2.24, 2.45) is 5.92 Å². The molecule has 2 N–H and O–H groups in total. The van der Waals surface area contributed by atoms with Crippen molar-refractivity contribution in [3.8, 4) is 0 Å². The van der Waals surface area contributed by atoms with Crippen LogP contribution < -0.4 is 15.1 Å². The first-order valence-corrected chi connectivity index (χ1v) is 19.9. The Morgan fingerprint density at radius 3 is 2.61 bits per heavy atom. The average Bonchev–Trinajstić information content (AvgIpc) is 3.59. The van der Waals surface area contributed by atoms with Crippen LogP contribution in [0.5, 0.6) is 0 Å². The van der Waals surface area contributed by atoms with Crippen LogP contribution in [0.15, 0.2) is 37.2 Å². The number of rotatable bonds is 9. The summed E-state index contributed by atoms with van der Waals surface area (Å²) < 4.78 is 39.6. The predicted molar refractivity (Wildman–Crippen MR) is 193 cm³/mol. The molecule has 4 saturated heterocycles. The van der Waals surface area contributed by atoms with Gasteiger partial charge < -0.3 is 25.1 Å². The number of piperidine rings is 2. The Balaban J connectivity index is 1.13. The number of aromatic nitrogens is 5. The number of anilines is 4. The van der Waals surface area contributed by atoms with Crippen molar-refractivity contribution in [3.63, 3.8) is 0 Å². The maximum Gasteiger partial charge on any atom is 0.246 e. The van der Waals surface area contributed by atoms with Crippen LogP contribution in [0, 0.1) is 5.92 Å². The van der Waals surface area contributed by atoms with Gasteiger partial charge in [-0.3, -0.25) is 9.69 Å². The molecule has 0 saturated carbocycles. The first kappa shape index (κ1) is 35.4. The third-order valence-electron chi connectivity index (χ3n) is 11.1. The maximum absolute atomic E-state index is 15.6. The fraction of sp³-hybridized carbons (Fsp3) is 0.600. The lowest BCUT2D eigenvalue weighted by atomic mass is 9.91. The molecule has 14 nitrogen and oxygen atoms in total. The molecule has 5 atom stereocenters. The van der Waals surface area contributed by atoms with Crippen LogP contribution in [0.25, 0.3) is 10.8 Å². The number of pyridine rings is 1. The van der Waals surface area contributed by atoms with Crippen molar-refractivity contribution >= 4 is 49.9 Å². The summed E-state index contributed by atoms with van der Waals surface area (Å²) in [5.41, 5.74) is -0.0217. The Labute approximate surface area is 298 Å². The molecule has 4 aliphatic rings. The number of likely N-dealkylation sites (tertiary alicyclic amines) is 2. The molecule has 0 spiro atoms. The second-order valence-electron chi connectivity index (χ2n) is 14.9. The van der Waals surface area contributed by atoms with Crippen LogP contribution in [0.2, 0.25) is 0 Å². The molecule has 0 radical (unpaired) electrons. The van der Waals surface area contributed by atoms with Gasteiger partial charge in [-0.2, -0.15) is 10.1 Å². The lowest BCUT2D eigenvalue weighted by Crippen LogP contribution is -2.57. The summed E-state index contributed by atoms with van der Waals surface area (Å²) in [6, 6.07) is 3.08. The Morgan fingerprint density at radius 1 is 1.12 bits per heavy atom. The minimum atomic E-state index is -3.13. The number of carbonyl (C=O) groups excluding carboxylic acids is 1. The van der Waals surface area contributed by atoms with Gasteiger partial charge in [0.05, 0.1) is 29.6 Å². The van der Waals surface area contributed by atoms with Crippen LogP contribution in [-0.4, -0.2) is 130 Å². The SMILES string of the molecule is C=CC(=O)N1CCCC1c1nnc(N2C[C@H](CS(C)(=O)=O)[C@H]2C)c2cnc(Nc3ccnc(N4CC[C@@H](N5CCC(C)(O)CC5)[C@@H](F)C4)n3)cc12. The third kappa shape index (κ3) is 7.35. The Hall–Kier alpha value is -4.02. The summed E-state index contributed by atoms with van der Waals surface area (Å²) >= 11 is 0. The molecule has 16 heteroatoms. The number of nitrogens with one attached hydrogen (secondary N) is 1. The van der Waals surface area contributed by atoms with Crippen molar-refractivity contribution in [1.29, 1.82) is 0 Å². The quantitative estimate of drug-likeness (QED) is 0.311. The highest BCUT2D eigenvalue weighted by molar-refractivity contribution is 7.90. The maximum atomic E-state index is 15.6. The second kappa shape index (κ2) is 13.8. The second-order valence-corrected chi connectivity index (χ2v) is 17.1. The number of alkyl halides is 1. The Bertz CT molecular complexity index is 1900. The van der Waals surface area contributed by atoms with Crippen molar-refractivity contribution in [2.75, 3.05) is 66.4 Å². The monoisotopic (exact) mass is 722 g/mol. The number of hydrogen-bond donors (Lipinski definition) is 2. The first-order valence-electron chi connectivity index (χ1n) is 17.8. The molecule has 0 bridgehead atoms. The topological polar surface area (TPSA) is 161 Å². The summed E-state index contributed by atoms with van der Waals surface area (Å²) in [6.45, 7) is 10.8. The van der Waals surface area contributed by atoms with Crippen LogP contribution >= 0.6 is 0 Å². The van der Waals surface area contributed by atoms with Crippen molar-refractivity contribution in [2.45, 2.75) is 75.8 Å². The molecule has 3 aromatic rings. The lowest BCUT2D eigenvalue weighted by Gasteiger charge is -2.47. The van der Waals surface area contributed by atoms with E-state index in [1.165, 1.54) is 12.3 Å². The predicted octanol–water partition coefficient (Wildman–Crippen LogP) is 3.04. The number of hydrogen-bond acceptors (Lipinski definition) is 13. The van der Waals surface area contributed by atoms with Crippen molar-refractivity contribution in [3.05, 3.63) is 42.9 Å². The summed E-state index contributed by atoms with van der Waals surface area (Å²) in [6.07, 6.45) is 8.35. The van der Waals surface area contributed by atoms with Crippen LogP contribution in [-0.2, 0) is 14.6 Å². The summed E-state index contributed by atoms with van der Waals surface area (Å²) in [4.78, 5) is 34.6. The van der Waals surface area contributed by atoms with Gasteiger partial charge in [0.2, 0.25) is 11.9 Å². The van der Waals surface area contributed by atoms with Gasteiger partial charge in [-0.15, -0.1) is 5.10 Å². The van der Waals surface area contributed by atoms with E-state index >= 15 is 4.39 Å². The zero-order valence-corrected chi connectivity index (χ0v) is 30.3. The van der Waals surface area contributed by atoms with E-state index in [-0.39, 0.29) is 42.2 Å². The number of sulfone groups is 1. The standard InChI is InChI=1S/C35H47FN10O4S/c1-5-31(47)45-13-6-7-28(45)32-24-17-30(38-18-25(24)33(42-41-32)46-19-23(22(46)2)21-51(4,49)50)39-29-8-12-37-34(40-29)44-14-9-27(26(36)20-44)43-15-10-35(3,48)11-16-43/h5,8,12,17-18,22-23,26-28,48H,1,6-7,9-11,13-16,19-21H2,2-4H3,(H,37,38,39,40)/t22-,23-,26+,27-,28?/m1/s1. The first-order chi connectivity index (χ1) is 24.3. The van der Waals surface area contributed by atoms with E-state index in [1.807, 2.05) is 24.8 Å². The Morgan fingerprint density at radius 2 is 1.90 bits per heavy atom. The smallest absolute Gasteiger partial charge is 0.246 e. The highest BCUT2D eigenvalue weighted by atomic mass is 32.2. The molecule has 0 aliphatic carbocycles. The van der Waals surface area contributed by atoms with Crippen molar-refractivity contribution in [1.82, 2.24) is 34.9 Å². The molecular formula is C35H47FN10O4S. The molecule has 7 heterocycles. The van der Waals surface area contributed by atoms with E-state index < -0.39 is 21.6 Å². The molecule has 1 unspecified atom stereocenters. The third-order valence-corrected chi connectivity index (χ3v) is 12.2. The van der Waals surface area contributed by atoms with E-state index in [0.717, 1.165) is 23.6 Å². The van der Waals surface area contributed by atoms with Gasteiger partial charge in [-0.1, -0.05) is 6.58 Å². The number of amides is 1. The molecule has 274 valence electrons. The molecule has 0 aromatic carbocycles. The van der Waals surface area contributed by atoms with E-state index in [0.29, 0.717) is 81.1 Å². The van der Waals surface area contributed by atoms with E-state index in [1.54, 1.807) is 23.4 Å². The summed E-state index contributed by atoms with van der Waals surface area (Å²) in [7, 11) is -3.13. The molecule has 51 heavy (non-hydrogen) atoms. The van der Waals surface area contributed by atoms with E-state index in [4.69, 9.17) is 15.1 Å². The largest absolute Gasteiger partial charge is 0.390 e. The number of aliphatic hydroxyl groups is 1. The minimum Gasteiger partial charge on any atom is -0.390 e. The lowest BCUT2D eigenvalue weighted by molar-refractivity contribution is -0.126. The molecular weight excluding hydrogens is 676 g/mol. The normalized spacial score (nSPS) is 27.0. The van der Waals surface area contributed by atoms with Crippen LogP contribution in [0.4, 0.5) is 27.8 Å². The van der Waals surface area contributed by atoms with Gasteiger partial charge in [-0.25, -0.2) is 22.8 Å². The van der Waals surface area contributed by atoms with Crippen LogP contribution in [0.1, 0.15) is 57.7 Å². The van der Waals surface area contributed by atoms with Gasteiger partial charge in [-0.05, 0) is 64.2 Å². The van der Waals surface area contributed by atoms with Crippen molar-refractivity contribution < 1.29 is 22.7 Å². The summed E-state index contributed by atoms with van der Waals surface area (Å²) in [5.74, 6) is 1.96. The van der Waals surface area contributed by atoms with Gasteiger partial charge in [0, 0.05) is 80.1 Å². The van der Waals surface area contributed by atoms with Crippen LogP contribution in [0.3, 0.4) is 0 Å². The molecule has 7 rings (SSSR count). The van der Waals surface area contributed by atoms with Gasteiger partial charge in [0.15, 0.2) is 5.82 Å². The highest BCUT2D eigenvalue weighted by Crippen LogP contribution is 2.40. The number of halogens is 1. The molecule has 4 aliphatic heterocycles. The van der Waals surface area contributed by atoms with Gasteiger partial charge in [0.25, 0.3) is 0 Å². The van der Waals surface area contributed by atoms with Gasteiger partial charge >= 0.3 is 0 Å². The van der Waals surface area contributed by atoms with Gasteiger partial charge in [0.1, 0.15) is 27.6 Å². The average molecular weight is 723 g/mol. The fourth-order valence-electron chi connectivity index (χ4n) is 8.09. The molecule has 1 amide bonds. The molecule has 3 aromatic heterocycles. The number of nitrogens with zero attached hydrogens (tertiary/aromatic N) is 9.